The lowest BCUT2D eigenvalue weighted by Crippen LogP contribution is -3.14. The van der Waals surface area contributed by atoms with Gasteiger partial charge in [-0.05, 0) is 18.4 Å². The molecule has 132 valence electrons. The van der Waals surface area contributed by atoms with Crippen molar-refractivity contribution in [1.29, 1.82) is 0 Å². The maximum Gasteiger partial charge on any atom is 0.309 e. The summed E-state index contributed by atoms with van der Waals surface area (Å²) < 4.78 is 5.08. The molecule has 1 amide bonds. The third kappa shape index (κ3) is 5.64. The number of esters is 1. The predicted octanol–water partition coefficient (Wildman–Crippen LogP) is 0.764. The molecule has 1 atom stereocenters. The van der Waals surface area contributed by atoms with Crippen LogP contribution in [-0.2, 0) is 14.3 Å². The summed E-state index contributed by atoms with van der Waals surface area (Å²) in [7, 11) is 0. The van der Waals surface area contributed by atoms with E-state index in [9.17, 15) is 9.59 Å². The van der Waals surface area contributed by atoms with Gasteiger partial charge in [0, 0.05) is 19.4 Å². The summed E-state index contributed by atoms with van der Waals surface area (Å²) in [6, 6.07) is 10.2. The molecule has 0 aromatic heterocycles. The summed E-state index contributed by atoms with van der Waals surface area (Å²) in [4.78, 5) is 25.1. The molecule has 1 aromatic rings. The van der Waals surface area contributed by atoms with E-state index in [1.165, 1.54) is 10.5 Å². The van der Waals surface area contributed by atoms with Crippen molar-refractivity contribution in [3.63, 3.8) is 0 Å². The largest absolute Gasteiger partial charge is 0.466 e. The number of quaternary nitrogens is 1. The fourth-order valence-corrected chi connectivity index (χ4v) is 3.15. The van der Waals surface area contributed by atoms with Crippen LogP contribution in [0.3, 0.4) is 0 Å². The second-order valence-corrected chi connectivity index (χ2v) is 6.57. The smallest absolute Gasteiger partial charge is 0.309 e. The zero-order chi connectivity index (χ0) is 17.4. The van der Waals surface area contributed by atoms with E-state index >= 15 is 0 Å². The van der Waals surface area contributed by atoms with Gasteiger partial charge < -0.3 is 15.0 Å². The van der Waals surface area contributed by atoms with Crippen molar-refractivity contribution in [3.05, 3.63) is 35.9 Å². The molecule has 0 bridgehead atoms. The minimum absolute atomic E-state index is 0.00913. The number of carbonyl (C=O) groups excluding carboxylic acids is 2. The molecule has 1 heterocycles. The zero-order valence-electron chi connectivity index (χ0n) is 14.7. The van der Waals surface area contributed by atoms with Crippen molar-refractivity contribution in [2.24, 2.45) is 5.92 Å². The Morgan fingerprint density at radius 2 is 1.92 bits per heavy atom. The van der Waals surface area contributed by atoms with Crippen molar-refractivity contribution < 1.29 is 19.2 Å². The standard InChI is InChI=1S/C19H28N2O3/c1-3-24-19(23)17-9-11-21(12-10-17)14-18(22)20-13-15(2)16-7-5-4-6-8-16/h4-8,15,17H,3,9-14H2,1-2H3,(H,20,22)/p+1/t15-/m1/s1. The van der Waals surface area contributed by atoms with Crippen LogP contribution in [0.2, 0.25) is 0 Å². The molecule has 5 heteroatoms. The van der Waals surface area contributed by atoms with E-state index in [-0.39, 0.29) is 17.8 Å². The molecule has 5 nitrogen and oxygen atoms in total. The number of amides is 1. The first-order chi connectivity index (χ1) is 11.6. The van der Waals surface area contributed by atoms with Crippen LogP contribution < -0.4 is 10.2 Å². The van der Waals surface area contributed by atoms with Gasteiger partial charge in [0.25, 0.3) is 5.91 Å². The number of hydrogen-bond acceptors (Lipinski definition) is 3. The number of hydrogen-bond donors (Lipinski definition) is 2. The number of ether oxygens (including phenoxy) is 1. The normalized spacial score (nSPS) is 21.8. The molecule has 0 radical (unpaired) electrons. The number of benzene rings is 1. The zero-order valence-corrected chi connectivity index (χ0v) is 14.7. The molecule has 1 aromatic carbocycles. The molecule has 0 unspecified atom stereocenters. The third-order valence-corrected chi connectivity index (χ3v) is 4.70. The van der Waals surface area contributed by atoms with Crippen molar-refractivity contribution >= 4 is 11.9 Å². The van der Waals surface area contributed by atoms with E-state index in [4.69, 9.17) is 4.74 Å². The predicted molar refractivity (Wildman–Crippen MR) is 92.8 cm³/mol. The van der Waals surface area contributed by atoms with Gasteiger partial charge in [-0.25, -0.2) is 0 Å². The van der Waals surface area contributed by atoms with Crippen LogP contribution in [0.5, 0.6) is 0 Å². The highest BCUT2D eigenvalue weighted by atomic mass is 16.5. The fourth-order valence-electron chi connectivity index (χ4n) is 3.15. The topological polar surface area (TPSA) is 59.8 Å². The van der Waals surface area contributed by atoms with Crippen LogP contribution in [0, 0.1) is 5.92 Å². The van der Waals surface area contributed by atoms with Gasteiger partial charge >= 0.3 is 5.97 Å². The average Bonchev–Trinajstić information content (AvgIpc) is 2.61. The maximum atomic E-state index is 12.1. The molecule has 1 aliphatic rings. The summed E-state index contributed by atoms with van der Waals surface area (Å²) >= 11 is 0. The highest BCUT2D eigenvalue weighted by molar-refractivity contribution is 5.77. The van der Waals surface area contributed by atoms with Crippen LogP contribution >= 0.6 is 0 Å². The van der Waals surface area contributed by atoms with Crippen molar-refractivity contribution in [1.82, 2.24) is 5.32 Å². The van der Waals surface area contributed by atoms with Gasteiger partial charge in [-0.15, -0.1) is 0 Å². The quantitative estimate of drug-likeness (QED) is 0.725. The molecule has 0 saturated carbocycles. The van der Waals surface area contributed by atoms with Crippen LogP contribution in [0.15, 0.2) is 30.3 Å². The Bertz CT molecular complexity index is 525. The summed E-state index contributed by atoms with van der Waals surface area (Å²) in [5, 5.41) is 3.03. The van der Waals surface area contributed by atoms with Gasteiger partial charge in [0.1, 0.15) is 0 Å². The van der Waals surface area contributed by atoms with E-state index in [0.29, 0.717) is 25.6 Å². The lowest BCUT2D eigenvalue weighted by molar-refractivity contribution is -0.897. The van der Waals surface area contributed by atoms with Gasteiger partial charge in [0.2, 0.25) is 0 Å². The van der Waals surface area contributed by atoms with Crippen LogP contribution in [0.4, 0.5) is 0 Å². The Morgan fingerprint density at radius 3 is 2.54 bits per heavy atom. The van der Waals surface area contributed by atoms with E-state index in [0.717, 1.165) is 25.9 Å². The Hall–Kier alpha value is -1.88. The van der Waals surface area contributed by atoms with Gasteiger partial charge in [-0.1, -0.05) is 37.3 Å². The number of likely N-dealkylation sites (tertiary alicyclic amines) is 1. The van der Waals surface area contributed by atoms with E-state index in [2.05, 4.69) is 24.4 Å². The first kappa shape index (κ1) is 18.5. The first-order valence-corrected chi connectivity index (χ1v) is 8.92. The summed E-state index contributed by atoms with van der Waals surface area (Å²) in [5.41, 5.74) is 1.24. The monoisotopic (exact) mass is 333 g/mol. The molecule has 2 rings (SSSR count). The van der Waals surface area contributed by atoms with Crippen LogP contribution in [0.1, 0.15) is 38.2 Å². The van der Waals surface area contributed by atoms with E-state index in [1.807, 2.05) is 25.1 Å². The van der Waals surface area contributed by atoms with Gasteiger partial charge in [0.05, 0.1) is 25.6 Å². The lowest BCUT2D eigenvalue weighted by Gasteiger charge is -2.27. The number of carbonyl (C=O) groups is 2. The number of rotatable bonds is 7. The molecule has 0 aliphatic carbocycles. The van der Waals surface area contributed by atoms with Crippen molar-refractivity contribution in [3.8, 4) is 0 Å². The molecule has 24 heavy (non-hydrogen) atoms. The lowest BCUT2D eigenvalue weighted by atomic mass is 9.97. The summed E-state index contributed by atoms with van der Waals surface area (Å²) in [6.45, 7) is 7.23. The Kier molecular flexibility index (Phi) is 7.25. The van der Waals surface area contributed by atoms with Gasteiger partial charge in [-0.3, -0.25) is 9.59 Å². The SMILES string of the molecule is CCOC(=O)C1CC[NH+](CC(=O)NC[C@@H](C)c2ccccc2)CC1. The molecular weight excluding hydrogens is 304 g/mol. The van der Waals surface area contributed by atoms with E-state index < -0.39 is 0 Å². The highest BCUT2D eigenvalue weighted by Gasteiger charge is 2.29. The third-order valence-electron chi connectivity index (χ3n) is 4.70. The number of piperidine rings is 1. The first-order valence-electron chi connectivity index (χ1n) is 8.92. The minimum Gasteiger partial charge on any atom is -0.466 e. The van der Waals surface area contributed by atoms with Gasteiger partial charge in [-0.2, -0.15) is 0 Å². The fraction of sp³-hybridized carbons (Fsp3) is 0.579. The molecule has 1 fully saturated rings. The second-order valence-electron chi connectivity index (χ2n) is 6.57. The Labute approximate surface area is 144 Å². The van der Waals surface area contributed by atoms with Gasteiger partial charge in [0.15, 0.2) is 6.54 Å². The van der Waals surface area contributed by atoms with Crippen LogP contribution in [-0.4, -0.2) is 44.7 Å². The molecular formula is C19H29N2O3+. The van der Waals surface area contributed by atoms with Crippen LogP contribution in [0.25, 0.3) is 0 Å². The van der Waals surface area contributed by atoms with Crippen molar-refractivity contribution in [2.75, 3.05) is 32.8 Å². The number of nitrogens with one attached hydrogen (secondary N) is 2. The maximum absolute atomic E-state index is 12.1. The van der Waals surface area contributed by atoms with Crippen molar-refractivity contribution in [2.45, 2.75) is 32.6 Å². The highest BCUT2D eigenvalue weighted by Crippen LogP contribution is 2.13. The van der Waals surface area contributed by atoms with E-state index in [1.54, 1.807) is 0 Å². The Morgan fingerprint density at radius 1 is 1.25 bits per heavy atom. The summed E-state index contributed by atoms with van der Waals surface area (Å²) in [5.74, 6) is 0.314. The molecule has 2 N–H and O–H groups in total. The minimum atomic E-state index is -0.0855. The molecule has 1 aliphatic heterocycles. The average molecular weight is 333 g/mol. The Balaban J connectivity index is 1.67. The molecule has 1 saturated heterocycles. The second kappa shape index (κ2) is 9.42. The molecule has 0 spiro atoms. The summed E-state index contributed by atoms with van der Waals surface area (Å²) in [6.07, 6.45) is 1.61.